The van der Waals surface area contributed by atoms with Crippen molar-refractivity contribution in [3.63, 3.8) is 0 Å². The van der Waals surface area contributed by atoms with Crippen molar-refractivity contribution >= 4 is 16.1 Å². The second-order valence-electron chi connectivity index (χ2n) is 7.95. The molecule has 0 aliphatic carbocycles. The highest BCUT2D eigenvalue weighted by molar-refractivity contribution is 7.85. The molecule has 0 spiro atoms. The molecule has 174 valence electrons. The third-order valence-electron chi connectivity index (χ3n) is 5.34. The molecule has 6 nitrogen and oxygen atoms in total. The zero-order valence-electron chi connectivity index (χ0n) is 19.3. The predicted octanol–water partition coefficient (Wildman–Crippen LogP) is 5.64. The first-order valence-corrected chi connectivity index (χ1v) is 12.8. The maximum atomic E-state index is 10.5. The van der Waals surface area contributed by atoms with E-state index in [0.29, 0.717) is 0 Å². The van der Waals surface area contributed by atoms with Gasteiger partial charge in [-0.15, -0.1) is 0 Å². The molecular weight excluding hydrogens is 402 g/mol. The fourth-order valence-electron chi connectivity index (χ4n) is 3.41. The molecule has 0 aliphatic heterocycles. The van der Waals surface area contributed by atoms with Gasteiger partial charge >= 0.3 is 5.97 Å². The first-order chi connectivity index (χ1) is 14.2. The normalized spacial score (nSPS) is 11.6. The highest BCUT2D eigenvalue weighted by atomic mass is 32.2. The van der Waals surface area contributed by atoms with Crippen LogP contribution in [0.3, 0.4) is 0 Å². The van der Waals surface area contributed by atoms with Crippen LogP contribution < -0.4 is 0 Å². The molecule has 1 rings (SSSR count). The van der Waals surface area contributed by atoms with E-state index in [4.69, 9.17) is 9.66 Å². The Labute approximate surface area is 183 Å². The van der Waals surface area contributed by atoms with E-state index in [9.17, 15) is 13.2 Å². The number of carbonyl (C=O) groups is 1. The quantitative estimate of drug-likeness (QED) is 0.286. The Morgan fingerprint density at radius 1 is 0.767 bits per heavy atom. The number of unbranched alkanes of at least 4 members (excludes halogenated alkanes) is 4. The molecule has 0 fully saturated rings. The van der Waals surface area contributed by atoms with Crippen molar-refractivity contribution in [1.29, 1.82) is 0 Å². The van der Waals surface area contributed by atoms with Crippen molar-refractivity contribution in [2.24, 2.45) is 0 Å². The molecule has 0 saturated heterocycles. The number of hydrogen-bond acceptors (Lipinski definition) is 3. The van der Waals surface area contributed by atoms with Gasteiger partial charge in [0.2, 0.25) is 0 Å². The Kier molecular flexibility index (Phi) is 14.6. The van der Waals surface area contributed by atoms with Crippen LogP contribution in [0.2, 0.25) is 0 Å². The Morgan fingerprint density at radius 3 is 1.33 bits per heavy atom. The zero-order chi connectivity index (χ0) is 23.0. The average molecular weight is 445 g/mol. The van der Waals surface area contributed by atoms with E-state index >= 15 is 0 Å². The second kappa shape index (κ2) is 15.4. The molecule has 0 unspecified atom stereocenters. The summed E-state index contributed by atoms with van der Waals surface area (Å²) in [6, 6.07) is 4.26. The lowest BCUT2D eigenvalue weighted by Gasteiger charge is -2.39. The summed E-state index contributed by atoms with van der Waals surface area (Å²) >= 11 is 0. The lowest BCUT2D eigenvalue weighted by atomic mass is 10.1. The fourth-order valence-corrected chi connectivity index (χ4v) is 3.89. The molecule has 0 saturated carbocycles. The van der Waals surface area contributed by atoms with Gasteiger partial charge in [0.1, 0.15) is 0 Å². The Morgan fingerprint density at radius 2 is 1.10 bits per heavy atom. The second-order valence-corrected chi connectivity index (χ2v) is 9.38. The molecule has 0 amide bonds. The van der Waals surface area contributed by atoms with Crippen molar-refractivity contribution in [3.05, 3.63) is 29.8 Å². The van der Waals surface area contributed by atoms with Crippen molar-refractivity contribution in [1.82, 2.24) is 0 Å². The van der Waals surface area contributed by atoms with Crippen LogP contribution in [0.5, 0.6) is 0 Å². The number of aromatic carboxylic acids is 1. The van der Waals surface area contributed by atoms with Crippen LogP contribution in [-0.2, 0) is 10.1 Å². The number of quaternary nitrogens is 1. The van der Waals surface area contributed by atoms with Gasteiger partial charge in [-0.1, -0.05) is 53.4 Å². The van der Waals surface area contributed by atoms with E-state index < -0.39 is 16.1 Å². The van der Waals surface area contributed by atoms with E-state index in [1.54, 1.807) is 0 Å². The van der Waals surface area contributed by atoms with Gasteiger partial charge in [-0.2, -0.15) is 8.42 Å². The summed E-state index contributed by atoms with van der Waals surface area (Å²) in [5.41, 5.74) is -0.0348. The SMILES string of the molecule is CCCC[N+](CCCC)(CCCC)CCCC.O=C(O)c1ccc(S(=O)(=O)O)cc1. The third-order valence-corrected chi connectivity index (χ3v) is 6.21. The lowest BCUT2D eigenvalue weighted by Crippen LogP contribution is -2.50. The molecule has 0 radical (unpaired) electrons. The summed E-state index contributed by atoms with van der Waals surface area (Å²) in [7, 11) is -4.24. The molecule has 1 aromatic carbocycles. The van der Waals surface area contributed by atoms with E-state index in [1.165, 1.54) is 82.0 Å². The smallest absolute Gasteiger partial charge is 0.335 e. The molecule has 7 heteroatoms. The van der Waals surface area contributed by atoms with Crippen LogP contribution in [0.25, 0.3) is 0 Å². The van der Waals surface area contributed by atoms with Gasteiger partial charge in [0.25, 0.3) is 10.1 Å². The van der Waals surface area contributed by atoms with Crippen molar-refractivity contribution < 1.29 is 27.4 Å². The average Bonchev–Trinajstić information content (AvgIpc) is 2.72. The minimum Gasteiger partial charge on any atom is -0.478 e. The minimum absolute atomic E-state index is 0.0348. The number of nitrogens with zero attached hydrogens (tertiary/aromatic N) is 1. The molecule has 0 bridgehead atoms. The minimum atomic E-state index is -4.24. The molecule has 0 heterocycles. The monoisotopic (exact) mass is 444 g/mol. The standard InChI is InChI=1S/C16H36N.C7H6O5S/c1-5-9-13-17(14-10-6-2,15-11-7-3)16-12-8-4;8-7(9)5-1-3-6(4-2-5)13(10,11)12/h5-16H2,1-4H3;1-4H,(H,8,9)(H,10,11,12)/q+1;. The summed E-state index contributed by atoms with van der Waals surface area (Å²) in [5, 5.41) is 8.47. The number of hydrogen-bond donors (Lipinski definition) is 2. The van der Waals surface area contributed by atoms with Gasteiger partial charge in [0, 0.05) is 0 Å². The van der Waals surface area contributed by atoms with Crippen LogP contribution in [0.1, 0.15) is 89.4 Å². The van der Waals surface area contributed by atoms with Gasteiger partial charge in [0.15, 0.2) is 0 Å². The van der Waals surface area contributed by atoms with Crippen LogP contribution in [0.15, 0.2) is 29.2 Å². The topological polar surface area (TPSA) is 91.7 Å². The maximum Gasteiger partial charge on any atom is 0.335 e. The van der Waals surface area contributed by atoms with E-state index in [0.717, 1.165) is 24.3 Å². The molecular formula is C23H42NO5S+. The van der Waals surface area contributed by atoms with E-state index in [1.807, 2.05) is 0 Å². The summed E-state index contributed by atoms with van der Waals surface area (Å²) in [4.78, 5) is 10.0. The molecule has 30 heavy (non-hydrogen) atoms. The third kappa shape index (κ3) is 11.7. The van der Waals surface area contributed by atoms with Crippen molar-refractivity contribution in [3.8, 4) is 0 Å². The van der Waals surface area contributed by atoms with E-state index in [-0.39, 0.29) is 10.5 Å². The van der Waals surface area contributed by atoms with Gasteiger partial charge in [-0.25, -0.2) is 4.79 Å². The number of carboxylic acid groups (broad SMARTS) is 1. The molecule has 2 N–H and O–H groups in total. The summed E-state index contributed by atoms with van der Waals surface area (Å²) < 4.78 is 31.0. The largest absolute Gasteiger partial charge is 0.478 e. The summed E-state index contributed by atoms with van der Waals surface area (Å²) in [5.74, 6) is -1.15. The highest BCUT2D eigenvalue weighted by Crippen LogP contribution is 2.16. The first kappa shape index (κ1) is 28.6. The first-order valence-electron chi connectivity index (χ1n) is 11.3. The predicted molar refractivity (Wildman–Crippen MR) is 123 cm³/mol. The fraction of sp³-hybridized carbons (Fsp3) is 0.696. The molecule has 0 atom stereocenters. The Balaban J connectivity index is 0.000000579. The molecule has 0 aliphatic rings. The number of benzene rings is 1. The Hall–Kier alpha value is -1.44. The van der Waals surface area contributed by atoms with Crippen LogP contribution in [0.4, 0.5) is 0 Å². The van der Waals surface area contributed by atoms with Crippen molar-refractivity contribution in [2.45, 2.75) is 84.0 Å². The van der Waals surface area contributed by atoms with E-state index in [2.05, 4.69) is 27.7 Å². The van der Waals surface area contributed by atoms with Gasteiger partial charge < -0.3 is 9.59 Å². The number of rotatable bonds is 14. The number of carboxylic acids is 1. The lowest BCUT2D eigenvalue weighted by molar-refractivity contribution is -0.929. The van der Waals surface area contributed by atoms with Crippen LogP contribution >= 0.6 is 0 Å². The summed E-state index contributed by atoms with van der Waals surface area (Å²) in [6.07, 6.45) is 11.1. The van der Waals surface area contributed by atoms with Gasteiger partial charge in [-0.3, -0.25) is 4.55 Å². The highest BCUT2D eigenvalue weighted by Gasteiger charge is 2.24. The van der Waals surface area contributed by atoms with Crippen LogP contribution in [0, 0.1) is 0 Å². The van der Waals surface area contributed by atoms with Crippen molar-refractivity contribution in [2.75, 3.05) is 26.2 Å². The zero-order valence-corrected chi connectivity index (χ0v) is 20.1. The van der Waals surface area contributed by atoms with Crippen LogP contribution in [-0.4, -0.2) is 54.7 Å². The van der Waals surface area contributed by atoms with Gasteiger partial charge in [0.05, 0.1) is 36.6 Å². The molecule has 1 aromatic rings. The van der Waals surface area contributed by atoms with Gasteiger partial charge in [-0.05, 0) is 49.9 Å². The molecule has 0 aromatic heterocycles. The summed E-state index contributed by atoms with van der Waals surface area (Å²) in [6.45, 7) is 15.0. The Bertz CT molecular complexity index is 649. The maximum absolute atomic E-state index is 10.5.